The van der Waals surface area contributed by atoms with E-state index >= 15 is 0 Å². The van der Waals surface area contributed by atoms with Gasteiger partial charge in [-0.2, -0.15) is 0 Å². The van der Waals surface area contributed by atoms with Crippen molar-refractivity contribution in [1.82, 2.24) is 9.88 Å². The summed E-state index contributed by atoms with van der Waals surface area (Å²) in [6.45, 7) is 2.00. The van der Waals surface area contributed by atoms with Gasteiger partial charge in [-0.25, -0.2) is 4.98 Å². The maximum Gasteiger partial charge on any atom is 0.123 e. The van der Waals surface area contributed by atoms with Crippen LogP contribution in [0.4, 0.5) is 0 Å². The van der Waals surface area contributed by atoms with Gasteiger partial charge in [-0.05, 0) is 37.6 Å². The molecule has 1 aliphatic rings. The highest BCUT2D eigenvalue weighted by Crippen LogP contribution is 2.39. The van der Waals surface area contributed by atoms with E-state index in [0.717, 1.165) is 36.7 Å². The van der Waals surface area contributed by atoms with Crippen LogP contribution < -0.4 is 9.47 Å². The predicted molar refractivity (Wildman–Crippen MR) is 84.0 cm³/mol. The molecular formula is C16H20N2O2S. The lowest BCUT2D eigenvalue weighted by atomic mass is 10.0. The third-order valence-corrected chi connectivity index (χ3v) is 4.64. The molecule has 0 spiro atoms. The Balaban J connectivity index is 1.87. The molecule has 1 atom stereocenters. The van der Waals surface area contributed by atoms with Crippen molar-refractivity contribution in [3.8, 4) is 11.5 Å². The van der Waals surface area contributed by atoms with E-state index in [1.807, 2.05) is 17.6 Å². The first-order valence-electron chi connectivity index (χ1n) is 7.15. The van der Waals surface area contributed by atoms with Gasteiger partial charge in [0.2, 0.25) is 0 Å². The summed E-state index contributed by atoms with van der Waals surface area (Å²) in [6.07, 6.45) is 2.35. The number of benzene rings is 1. The summed E-state index contributed by atoms with van der Waals surface area (Å²) in [4.78, 5) is 6.88. The van der Waals surface area contributed by atoms with Crippen LogP contribution in [0.25, 0.3) is 0 Å². The second-order valence-corrected chi connectivity index (χ2v) is 5.93. The fourth-order valence-corrected chi connectivity index (χ4v) is 3.54. The Kier molecular flexibility index (Phi) is 4.41. The van der Waals surface area contributed by atoms with E-state index < -0.39 is 0 Å². The number of methoxy groups -OCH3 is 2. The van der Waals surface area contributed by atoms with Gasteiger partial charge in [0.25, 0.3) is 0 Å². The first kappa shape index (κ1) is 14.4. The average Bonchev–Trinajstić information content (AvgIpc) is 3.19. The van der Waals surface area contributed by atoms with Gasteiger partial charge in [0.05, 0.1) is 25.4 Å². The molecule has 1 aromatic heterocycles. The third kappa shape index (κ3) is 3.04. The molecular weight excluding hydrogens is 284 g/mol. The zero-order chi connectivity index (χ0) is 14.7. The number of rotatable bonds is 5. The predicted octanol–water partition coefficient (Wildman–Crippen LogP) is 3.50. The number of ether oxygens (including phenoxy) is 2. The highest BCUT2D eigenvalue weighted by Gasteiger charge is 2.29. The number of hydrogen-bond acceptors (Lipinski definition) is 5. The van der Waals surface area contributed by atoms with Gasteiger partial charge in [0.15, 0.2) is 0 Å². The Labute approximate surface area is 129 Å². The zero-order valence-electron chi connectivity index (χ0n) is 12.4. The Morgan fingerprint density at radius 1 is 1.33 bits per heavy atom. The Hall–Kier alpha value is -1.59. The first-order valence-corrected chi connectivity index (χ1v) is 8.09. The highest BCUT2D eigenvalue weighted by atomic mass is 32.1. The van der Waals surface area contributed by atoms with Gasteiger partial charge in [-0.3, -0.25) is 4.90 Å². The molecule has 2 aromatic rings. The minimum atomic E-state index is 0.372. The van der Waals surface area contributed by atoms with Crippen molar-refractivity contribution in [3.05, 3.63) is 40.3 Å². The quantitative estimate of drug-likeness (QED) is 0.847. The van der Waals surface area contributed by atoms with E-state index in [1.54, 1.807) is 25.6 Å². The summed E-state index contributed by atoms with van der Waals surface area (Å²) >= 11 is 1.65. The molecule has 1 saturated heterocycles. The second-order valence-electron chi connectivity index (χ2n) is 5.22. The van der Waals surface area contributed by atoms with Crippen molar-refractivity contribution < 1.29 is 9.47 Å². The summed E-state index contributed by atoms with van der Waals surface area (Å²) in [7, 11) is 3.43. The Morgan fingerprint density at radius 2 is 2.24 bits per heavy atom. The highest BCUT2D eigenvalue weighted by molar-refractivity contribution is 7.07. The molecule has 0 amide bonds. The van der Waals surface area contributed by atoms with E-state index in [1.165, 1.54) is 12.0 Å². The maximum absolute atomic E-state index is 5.54. The van der Waals surface area contributed by atoms with Gasteiger partial charge >= 0.3 is 0 Å². The van der Waals surface area contributed by atoms with Gasteiger partial charge < -0.3 is 9.47 Å². The monoisotopic (exact) mass is 304 g/mol. The minimum absolute atomic E-state index is 0.372. The molecule has 0 aliphatic carbocycles. The number of likely N-dealkylation sites (tertiary alicyclic amines) is 1. The fraction of sp³-hybridized carbons (Fsp3) is 0.438. The topological polar surface area (TPSA) is 34.6 Å². The van der Waals surface area contributed by atoms with Crippen LogP contribution in [0.1, 0.15) is 30.1 Å². The molecule has 21 heavy (non-hydrogen) atoms. The molecule has 3 rings (SSSR count). The van der Waals surface area contributed by atoms with Crippen LogP contribution in [-0.4, -0.2) is 30.6 Å². The van der Waals surface area contributed by atoms with E-state index in [4.69, 9.17) is 9.47 Å². The van der Waals surface area contributed by atoms with E-state index in [-0.39, 0.29) is 0 Å². The molecule has 0 saturated carbocycles. The molecule has 1 unspecified atom stereocenters. The normalized spacial score (nSPS) is 18.9. The van der Waals surface area contributed by atoms with Crippen LogP contribution in [-0.2, 0) is 6.54 Å². The number of thiazole rings is 1. The number of aromatic nitrogens is 1. The van der Waals surface area contributed by atoms with Crippen molar-refractivity contribution in [3.63, 3.8) is 0 Å². The van der Waals surface area contributed by atoms with Gasteiger partial charge in [-0.1, -0.05) is 0 Å². The van der Waals surface area contributed by atoms with Gasteiger partial charge in [0.1, 0.15) is 11.5 Å². The molecule has 112 valence electrons. The SMILES string of the molecule is COc1ccc(OC)c(C2CCCN2Cc2cscn2)c1. The van der Waals surface area contributed by atoms with E-state index in [0.29, 0.717) is 6.04 Å². The lowest BCUT2D eigenvalue weighted by molar-refractivity contribution is 0.240. The molecule has 2 heterocycles. The standard InChI is InChI=1S/C16H20N2O2S/c1-19-13-5-6-16(20-2)14(8-13)15-4-3-7-18(15)9-12-10-21-11-17-12/h5-6,8,10-11,15H,3-4,7,9H2,1-2H3. The zero-order valence-corrected chi connectivity index (χ0v) is 13.2. The molecule has 0 N–H and O–H groups in total. The summed E-state index contributed by atoms with van der Waals surface area (Å²) in [6, 6.07) is 6.41. The fourth-order valence-electron chi connectivity index (χ4n) is 2.99. The molecule has 5 heteroatoms. The van der Waals surface area contributed by atoms with Crippen LogP contribution in [0, 0.1) is 0 Å². The van der Waals surface area contributed by atoms with Crippen LogP contribution >= 0.6 is 11.3 Å². The Bertz CT molecular complexity index is 586. The van der Waals surface area contributed by atoms with Gasteiger partial charge in [0, 0.05) is 23.5 Å². The third-order valence-electron chi connectivity index (χ3n) is 4.01. The molecule has 1 aromatic carbocycles. The van der Waals surface area contributed by atoms with Crippen molar-refractivity contribution in [1.29, 1.82) is 0 Å². The summed E-state index contributed by atoms with van der Waals surface area (Å²) in [5, 5.41) is 2.12. The van der Waals surface area contributed by atoms with Crippen molar-refractivity contribution in [2.45, 2.75) is 25.4 Å². The number of hydrogen-bond donors (Lipinski definition) is 0. The molecule has 0 bridgehead atoms. The molecule has 4 nitrogen and oxygen atoms in total. The second kappa shape index (κ2) is 6.45. The number of nitrogens with zero attached hydrogens (tertiary/aromatic N) is 2. The molecule has 1 fully saturated rings. The summed E-state index contributed by atoms with van der Waals surface area (Å²) in [5.41, 5.74) is 4.25. The van der Waals surface area contributed by atoms with Crippen molar-refractivity contribution in [2.75, 3.05) is 20.8 Å². The van der Waals surface area contributed by atoms with Gasteiger partial charge in [-0.15, -0.1) is 11.3 Å². The summed E-state index contributed by atoms with van der Waals surface area (Å²) < 4.78 is 10.9. The largest absolute Gasteiger partial charge is 0.497 e. The van der Waals surface area contributed by atoms with E-state index in [2.05, 4.69) is 21.3 Å². The van der Waals surface area contributed by atoms with Crippen molar-refractivity contribution in [2.24, 2.45) is 0 Å². The van der Waals surface area contributed by atoms with Crippen LogP contribution in [0.15, 0.2) is 29.1 Å². The van der Waals surface area contributed by atoms with Crippen LogP contribution in [0.5, 0.6) is 11.5 Å². The lowest BCUT2D eigenvalue weighted by Gasteiger charge is -2.25. The first-order chi connectivity index (χ1) is 10.3. The minimum Gasteiger partial charge on any atom is -0.497 e. The average molecular weight is 304 g/mol. The van der Waals surface area contributed by atoms with Crippen molar-refractivity contribution >= 4 is 11.3 Å². The maximum atomic E-state index is 5.54. The molecule has 1 aliphatic heterocycles. The lowest BCUT2D eigenvalue weighted by Crippen LogP contribution is -2.23. The smallest absolute Gasteiger partial charge is 0.123 e. The van der Waals surface area contributed by atoms with Crippen LogP contribution in [0.3, 0.4) is 0 Å². The molecule has 0 radical (unpaired) electrons. The van der Waals surface area contributed by atoms with Crippen LogP contribution in [0.2, 0.25) is 0 Å². The Morgan fingerprint density at radius 3 is 2.95 bits per heavy atom. The summed E-state index contributed by atoms with van der Waals surface area (Å²) in [5.74, 6) is 1.82. The van der Waals surface area contributed by atoms with E-state index in [9.17, 15) is 0 Å².